The molecule has 1 atom stereocenters. The molecule has 5 nitrogen and oxygen atoms in total. The molecule has 0 radical (unpaired) electrons. The molecule has 2 heterocycles. The molecule has 1 saturated heterocycles. The first-order chi connectivity index (χ1) is 6.34. The van der Waals surface area contributed by atoms with Crippen LogP contribution in [0.4, 0.5) is 5.13 Å². The molecule has 13 heavy (non-hydrogen) atoms. The molecule has 1 aliphatic heterocycles. The van der Waals surface area contributed by atoms with Crippen LogP contribution < -0.4 is 15.8 Å². The maximum absolute atomic E-state index is 5.58. The molecule has 3 N–H and O–H groups in total. The van der Waals surface area contributed by atoms with Crippen molar-refractivity contribution in [3.8, 4) is 5.19 Å². The fourth-order valence-corrected chi connectivity index (χ4v) is 1.86. The number of hydrogen-bond donors (Lipinski definition) is 2. The molecule has 0 bridgehead atoms. The van der Waals surface area contributed by atoms with Crippen LogP contribution in [-0.4, -0.2) is 29.4 Å². The van der Waals surface area contributed by atoms with E-state index in [1.807, 2.05) is 0 Å². The van der Waals surface area contributed by atoms with Crippen molar-refractivity contribution in [2.24, 2.45) is 0 Å². The lowest BCUT2D eigenvalue weighted by molar-refractivity contribution is 0.165. The topological polar surface area (TPSA) is 73.1 Å². The zero-order valence-corrected chi connectivity index (χ0v) is 8.01. The van der Waals surface area contributed by atoms with Crippen molar-refractivity contribution < 1.29 is 4.74 Å². The van der Waals surface area contributed by atoms with E-state index in [2.05, 4.69) is 15.5 Å². The van der Waals surface area contributed by atoms with E-state index in [1.54, 1.807) is 0 Å². The van der Waals surface area contributed by atoms with Gasteiger partial charge in [-0.05, 0) is 30.7 Å². The van der Waals surface area contributed by atoms with Crippen LogP contribution >= 0.6 is 11.3 Å². The van der Waals surface area contributed by atoms with Crippen LogP contribution in [-0.2, 0) is 0 Å². The van der Waals surface area contributed by atoms with E-state index in [9.17, 15) is 0 Å². The van der Waals surface area contributed by atoms with E-state index in [4.69, 9.17) is 10.5 Å². The van der Waals surface area contributed by atoms with Crippen LogP contribution in [0.15, 0.2) is 0 Å². The van der Waals surface area contributed by atoms with Gasteiger partial charge in [-0.1, -0.05) is 5.10 Å². The Hall–Kier alpha value is -0.880. The van der Waals surface area contributed by atoms with E-state index in [1.165, 1.54) is 11.3 Å². The Bertz CT molecular complexity index is 271. The second kappa shape index (κ2) is 3.89. The van der Waals surface area contributed by atoms with Crippen molar-refractivity contribution >= 4 is 16.5 Å². The highest BCUT2D eigenvalue weighted by molar-refractivity contribution is 7.16. The molecule has 1 aromatic heterocycles. The first-order valence-corrected chi connectivity index (χ1v) is 5.12. The number of nitrogens with two attached hydrogens (primary N) is 1. The van der Waals surface area contributed by atoms with E-state index in [-0.39, 0.29) is 6.10 Å². The second-order valence-electron chi connectivity index (χ2n) is 2.99. The van der Waals surface area contributed by atoms with Crippen LogP contribution in [0.25, 0.3) is 0 Å². The molecule has 2 rings (SSSR count). The van der Waals surface area contributed by atoms with Crippen LogP contribution in [0.2, 0.25) is 0 Å². The molecular weight excluding hydrogens is 188 g/mol. The standard InChI is InChI=1S/C7H12N4OS/c8-6-10-11-7(13-6)12-5-2-1-3-9-4-5/h5,9H,1-4H2,(H2,8,10). The lowest BCUT2D eigenvalue weighted by Gasteiger charge is -2.21. The predicted octanol–water partition coefficient (Wildman–Crippen LogP) is 0.251. The lowest BCUT2D eigenvalue weighted by atomic mass is 10.1. The Kier molecular flexibility index (Phi) is 2.60. The normalized spacial score (nSPS) is 22.9. The van der Waals surface area contributed by atoms with Crippen molar-refractivity contribution in [1.29, 1.82) is 0 Å². The van der Waals surface area contributed by atoms with Gasteiger partial charge < -0.3 is 15.8 Å². The summed E-state index contributed by atoms with van der Waals surface area (Å²) in [6.07, 6.45) is 2.45. The number of nitrogen functional groups attached to an aromatic ring is 1. The first kappa shape index (κ1) is 8.71. The second-order valence-corrected chi connectivity index (χ2v) is 3.96. The summed E-state index contributed by atoms with van der Waals surface area (Å²) in [7, 11) is 0. The first-order valence-electron chi connectivity index (χ1n) is 4.31. The van der Waals surface area contributed by atoms with Gasteiger partial charge in [-0.2, -0.15) is 0 Å². The molecular formula is C7H12N4OS. The zero-order chi connectivity index (χ0) is 9.10. The Morgan fingerprint density at radius 1 is 1.54 bits per heavy atom. The summed E-state index contributed by atoms with van der Waals surface area (Å²) in [6, 6.07) is 0. The largest absolute Gasteiger partial charge is 0.464 e. The van der Waals surface area contributed by atoms with Gasteiger partial charge in [0.25, 0.3) is 5.19 Å². The van der Waals surface area contributed by atoms with Crippen LogP contribution in [0.3, 0.4) is 0 Å². The molecule has 0 aromatic carbocycles. The van der Waals surface area contributed by atoms with Gasteiger partial charge in [0.15, 0.2) is 0 Å². The van der Waals surface area contributed by atoms with Crippen molar-refractivity contribution in [1.82, 2.24) is 15.5 Å². The summed E-state index contributed by atoms with van der Waals surface area (Å²) in [5.41, 5.74) is 5.43. The molecule has 1 unspecified atom stereocenters. The highest BCUT2D eigenvalue weighted by Gasteiger charge is 2.15. The van der Waals surface area contributed by atoms with Gasteiger partial charge in [0, 0.05) is 6.54 Å². The minimum absolute atomic E-state index is 0.223. The number of nitrogens with zero attached hydrogens (tertiary/aromatic N) is 2. The quantitative estimate of drug-likeness (QED) is 0.716. The number of anilines is 1. The molecule has 72 valence electrons. The smallest absolute Gasteiger partial charge is 0.296 e. The molecule has 0 spiro atoms. The van der Waals surface area contributed by atoms with Crippen molar-refractivity contribution in [3.05, 3.63) is 0 Å². The summed E-state index contributed by atoms with van der Waals surface area (Å²) in [4.78, 5) is 0. The fourth-order valence-electron chi connectivity index (χ4n) is 1.33. The number of piperidine rings is 1. The summed E-state index contributed by atoms with van der Waals surface area (Å²) >= 11 is 1.29. The van der Waals surface area contributed by atoms with Crippen LogP contribution in [0.1, 0.15) is 12.8 Å². The minimum atomic E-state index is 0.223. The fraction of sp³-hybridized carbons (Fsp3) is 0.714. The molecule has 0 aliphatic carbocycles. The van der Waals surface area contributed by atoms with Crippen molar-refractivity contribution in [2.45, 2.75) is 18.9 Å². The molecule has 6 heteroatoms. The highest BCUT2D eigenvalue weighted by Crippen LogP contribution is 2.21. The van der Waals surface area contributed by atoms with Gasteiger partial charge in [0.2, 0.25) is 5.13 Å². The van der Waals surface area contributed by atoms with Gasteiger partial charge in [-0.3, -0.25) is 0 Å². The Morgan fingerprint density at radius 2 is 2.46 bits per heavy atom. The molecule has 0 saturated carbocycles. The van der Waals surface area contributed by atoms with E-state index >= 15 is 0 Å². The van der Waals surface area contributed by atoms with E-state index in [0.29, 0.717) is 10.3 Å². The predicted molar refractivity (Wildman–Crippen MR) is 50.8 cm³/mol. The zero-order valence-electron chi connectivity index (χ0n) is 7.19. The van der Waals surface area contributed by atoms with E-state index in [0.717, 1.165) is 25.9 Å². The average molecular weight is 200 g/mol. The Morgan fingerprint density at radius 3 is 3.08 bits per heavy atom. The van der Waals surface area contributed by atoms with Crippen LogP contribution in [0.5, 0.6) is 5.19 Å². The summed E-state index contributed by atoms with van der Waals surface area (Å²) in [5, 5.41) is 11.8. The van der Waals surface area contributed by atoms with Crippen molar-refractivity contribution in [3.63, 3.8) is 0 Å². The molecule has 0 amide bonds. The SMILES string of the molecule is Nc1nnc(OC2CCCNC2)s1. The van der Waals surface area contributed by atoms with Crippen molar-refractivity contribution in [2.75, 3.05) is 18.8 Å². The maximum Gasteiger partial charge on any atom is 0.296 e. The number of nitrogens with one attached hydrogen (secondary N) is 1. The highest BCUT2D eigenvalue weighted by atomic mass is 32.1. The lowest BCUT2D eigenvalue weighted by Crippen LogP contribution is -2.37. The van der Waals surface area contributed by atoms with Crippen LogP contribution in [0, 0.1) is 0 Å². The number of rotatable bonds is 2. The average Bonchev–Trinajstić information content (AvgIpc) is 2.53. The Balaban J connectivity index is 1.89. The van der Waals surface area contributed by atoms with Gasteiger partial charge in [0.1, 0.15) is 6.10 Å². The summed E-state index contributed by atoms with van der Waals surface area (Å²) < 4.78 is 5.58. The minimum Gasteiger partial charge on any atom is -0.464 e. The third kappa shape index (κ3) is 2.28. The summed E-state index contributed by atoms with van der Waals surface area (Å²) in [5.74, 6) is 0. The third-order valence-electron chi connectivity index (χ3n) is 1.94. The third-order valence-corrected chi connectivity index (χ3v) is 2.58. The Labute approximate surface area is 80.3 Å². The maximum atomic E-state index is 5.58. The summed E-state index contributed by atoms with van der Waals surface area (Å²) in [6.45, 7) is 1.97. The number of hydrogen-bond acceptors (Lipinski definition) is 6. The van der Waals surface area contributed by atoms with Gasteiger partial charge >= 0.3 is 0 Å². The number of ether oxygens (including phenoxy) is 1. The van der Waals surface area contributed by atoms with Gasteiger partial charge in [-0.25, -0.2) is 0 Å². The van der Waals surface area contributed by atoms with Gasteiger partial charge in [-0.15, -0.1) is 5.10 Å². The van der Waals surface area contributed by atoms with Gasteiger partial charge in [0.05, 0.1) is 0 Å². The molecule has 1 aliphatic rings. The molecule has 1 fully saturated rings. The molecule has 1 aromatic rings. The van der Waals surface area contributed by atoms with E-state index < -0.39 is 0 Å². The number of aromatic nitrogens is 2. The monoisotopic (exact) mass is 200 g/mol.